The highest BCUT2D eigenvalue weighted by Gasteiger charge is 2.17. The SMILES string of the molecule is C[C@H]([NH2+]Cc1ccccc1Cl)C(=O)Nc1ccc(C(C)(C)C)cc1. The average molecular weight is 346 g/mol. The molecule has 0 saturated heterocycles. The molecule has 0 heterocycles. The molecule has 1 amide bonds. The lowest BCUT2D eigenvalue weighted by Gasteiger charge is -2.19. The molecule has 0 aliphatic carbocycles. The number of nitrogens with two attached hydrogens (primary N) is 1. The van der Waals surface area contributed by atoms with Gasteiger partial charge in [0.15, 0.2) is 6.04 Å². The summed E-state index contributed by atoms with van der Waals surface area (Å²) in [6.07, 6.45) is 0. The van der Waals surface area contributed by atoms with Crippen LogP contribution in [0, 0.1) is 0 Å². The molecule has 128 valence electrons. The molecule has 4 heteroatoms. The van der Waals surface area contributed by atoms with Crippen LogP contribution in [0.5, 0.6) is 0 Å². The van der Waals surface area contributed by atoms with E-state index >= 15 is 0 Å². The van der Waals surface area contributed by atoms with Crippen LogP contribution in [-0.2, 0) is 16.8 Å². The van der Waals surface area contributed by atoms with Crippen molar-refractivity contribution in [3.63, 3.8) is 0 Å². The van der Waals surface area contributed by atoms with Crippen molar-refractivity contribution < 1.29 is 10.1 Å². The number of rotatable bonds is 5. The minimum absolute atomic E-state index is 0.00874. The van der Waals surface area contributed by atoms with Gasteiger partial charge in [0.25, 0.3) is 5.91 Å². The van der Waals surface area contributed by atoms with Gasteiger partial charge >= 0.3 is 0 Å². The van der Waals surface area contributed by atoms with Gasteiger partial charge in [-0.3, -0.25) is 4.79 Å². The van der Waals surface area contributed by atoms with E-state index in [1.54, 1.807) is 0 Å². The van der Waals surface area contributed by atoms with E-state index < -0.39 is 0 Å². The largest absolute Gasteiger partial charge is 0.332 e. The Morgan fingerprint density at radius 3 is 2.33 bits per heavy atom. The summed E-state index contributed by atoms with van der Waals surface area (Å²) in [6, 6.07) is 15.6. The van der Waals surface area contributed by atoms with Crippen LogP contribution in [0.3, 0.4) is 0 Å². The van der Waals surface area contributed by atoms with E-state index in [4.69, 9.17) is 11.6 Å². The van der Waals surface area contributed by atoms with Crippen LogP contribution >= 0.6 is 11.6 Å². The van der Waals surface area contributed by atoms with Crippen LogP contribution < -0.4 is 10.6 Å². The van der Waals surface area contributed by atoms with E-state index in [1.807, 2.05) is 48.6 Å². The number of benzene rings is 2. The van der Waals surface area contributed by atoms with Crippen LogP contribution in [0.4, 0.5) is 5.69 Å². The molecule has 3 nitrogen and oxygen atoms in total. The monoisotopic (exact) mass is 345 g/mol. The zero-order valence-electron chi connectivity index (χ0n) is 14.8. The molecule has 0 fully saturated rings. The summed E-state index contributed by atoms with van der Waals surface area (Å²) < 4.78 is 0. The maximum atomic E-state index is 12.3. The third-order valence-electron chi connectivity index (χ3n) is 4.08. The first-order chi connectivity index (χ1) is 11.3. The second kappa shape index (κ2) is 7.82. The van der Waals surface area contributed by atoms with Crippen molar-refractivity contribution in [1.29, 1.82) is 0 Å². The standard InChI is InChI=1S/C20H25ClN2O/c1-14(22-13-15-7-5-6-8-18(15)21)19(24)23-17-11-9-16(10-12-17)20(2,3)4/h5-12,14,22H,13H2,1-4H3,(H,23,24)/p+1/t14-/m0/s1. The van der Waals surface area contributed by atoms with Crippen LogP contribution in [0.2, 0.25) is 5.02 Å². The summed E-state index contributed by atoms with van der Waals surface area (Å²) in [5.74, 6) is -0.00874. The molecule has 0 spiro atoms. The summed E-state index contributed by atoms with van der Waals surface area (Å²) in [4.78, 5) is 12.3. The van der Waals surface area contributed by atoms with Crippen LogP contribution in [0.25, 0.3) is 0 Å². The first-order valence-electron chi connectivity index (χ1n) is 8.25. The number of halogens is 1. The Labute approximate surface area is 149 Å². The molecule has 24 heavy (non-hydrogen) atoms. The van der Waals surface area contributed by atoms with Crippen molar-refractivity contribution >= 4 is 23.2 Å². The van der Waals surface area contributed by atoms with Crippen molar-refractivity contribution in [1.82, 2.24) is 0 Å². The predicted molar refractivity (Wildman–Crippen MR) is 100 cm³/mol. The highest BCUT2D eigenvalue weighted by atomic mass is 35.5. The van der Waals surface area contributed by atoms with Gasteiger partial charge in [-0.25, -0.2) is 0 Å². The molecule has 0 radical (unpaired) electrons. The minimum Gasteiger partial charge on any atom is -0.332 e. The second-order valence-corrected chi connectivity index (χ2v) is 7.54. The predicted octanol–water partition coefficient (Wildman–Crippen LogP) is 3.73. The molecule has 2 aromatic carbocycles. The van der Waals surface area contributed by atoms with Crippen molar-refractivity contribution in [3.05, 3.63) is 64.7 Å². The van der Waals surface area contributed by atoms with Crippen molar-refractivity contribution in [3.8, 4) is 0 Å². The number of carbonyl (C=O) groups excluding carboxylic acids is 1. The van der Waals surface area contributed by atoms with Gasteiger partial charge in [-0.05, 0) is 36.1 Å². The van der Waals surface area contributed by atoms with Crippen LogP contribution in [0.15, 0.2) is 48.5 Å². The average Bonchev–Trinajstić information content (AvgIpc) is 2.53. The zero-order chi connectivity index (χ0) is 17.7. The fourth-order valence-electron chi connectivity index (χ4n) is 2.38. The number of anilines is 1. The summed E-state index contributed by atoms with van der Waals surface area (Å²) >= 11 is 6.15. The Kier molecular flexibility index (Phi) is 6.03. The number of quaternary nitrogens is 1. The third kappa shape index (κ3) is 5.08. The fourth-order valence-corrected chi connectivity index (χ4v) is 2.60. The van der Waals surface area contributed by atoms with E-state index in [2.05, 4.69) is 38.2 Å². The molecule has 2 aromatic rings. The van der Waals surface area contributed by atoms with Gasteiger partial charge in [-0.15, -0.1) is 0 Å². The summed E-state index contributed by atoms with van der Waals surface area (Å²) in [6.45, 7) is 9.10. The highest BCUT2D eigenvalue weighted by molar-refractivity contribution is 6.31. The first kappa shape index (κ1) is 18.5. The fraction of sp³-hybridized carbons (Fsp3) is 0.350. The lowest BCUT2D eigenvalue weighted by atomic mass is 9.87. The van der Waals surface area contributed by atoms with Crippen molar-refractivity contribution in [2.24, 2.45) is 0 Å². The second-order valence-electron chi connectivity index (χ2n) is 7.14. The maximum Gasteiger partial charge on any atom is 0.282 e. The van der Waals surface area contributed by atoms with Gasteiger partial charge in [0.05, 0.1) is 0 Å². The normalized spacial score (nSPS) is 12.7. The molecular weight excluding hydrogens is 320 g/mol. The van der Waals surface area contributed by atoms with Crippen molar-refractivity contribution in [2.75, 3.05) is 5.32 Å². The molecular formula is C20H26ClN2O+. The van der Waals surface area contributed by atoms with Gasteiger partial charge in [0, 0.05) is 16.3 Å². The van der Waals surface area contributed by atoms with Crippen LogP contribution in [-0.4, -0.2) is 11.9 Å². The molecule has 2 rings (SSSR count). The Morgan fingerprint density at radius 2 is 1.75 bits per heavy atom. The van der Waals surface area contributed by atoms with Crippen LogP contribution in [0.1, 0.15) is 38.8 Å². The Balaban J connectivity index is 1.91. The lowest BCUT2D eigenvalue weighted by Crippen LogP contribution is -2.90. The molecule has 3 N–H and O–H groups in total. The number of nitrogens with one attached hydrogen (secondary N) is 1. The minimum atomic E-state index is -0.191. The number of hydrogen-bond acceptors (Lipinski definition) is 1. The Morgan fingerprint density at radius 1 is 1.12 bits per heavy atom. The smallest absolute Gasteiger partial charge is 0.282 e. The Hall–Kier alpha value is -1.84. The van der Waals surface area contributed by atoms with E-state index in [1.165, 1.54) is 5.56 Å². The number of amides is 1. The molecule has 0 saturated carbocycles. The first-order valence-corrected chi connectivity index (χ1v) is 8.63. The molecule has 0 aliphatic rings. The lowest BCUT2D eigenvalue weighted by molar-refractivity contribution is -0.688. The quantitative estimate of drug-likeness (QED) is 0.852. The van der Waals surface area contributed by atoms with Gasteiger partial charge in [-0.2, -0.15) is 0 Å². The summed E-state index contributed by atoms with van der Waals surface area (Å²) in [7, 11) is 0. The topological polar surface area (TPSA) is 45.7 Å². The molecule has 0 bridgehead atoms. The van der Waals surface area contributed by atoms with Gasteiger partial charge < -0.3 is 10.6 Å². The van der Waals surface area contributed by atoms with Gasteiger partial charge in [-0.1, -0.05) is 62.7 Å². The van der Waals surface area contributed by atoms with E-state index in [-0.39, 0.29) is 17.4 Å². The molecule has 0 aliphatic heterocycles. The number of carbonyl (C=O) groups is 1. The maximum absolute atomic E-state index is 12.3. The molecule has 1 atom stereocenters. The van der Waals surface area contributed by atoms with E-state index in [0.29, 0.717) is 6.54 Å². The molecule has 0 unspecified atom stereocenters. The molecule has 0 aromatic heterocycles. The highest BCUT2D eigenvalue weighted by Crippen LogP contribution is 2.23. The summed E-state index contributed by atoms with van der Waals surface area (Å²) in [5, 5.41) is 5.69. The number of hydrogen-bond donors (Lipinski definition) is 2. The zero-order valence-corrected chi connectivity index (χ0v) is 15.5. The third-order valence-corrected chi connectivity index (χ3v) is 4.45. The van der Waals surface area contributed by atoms with E-state index in [0.717, 1.165) is 16.3 Å². The van der Waals surface area contributed by atoms with E-state index in [9.17, 15) is 4.79 Å². The summed E-state index contributed by atoms with van der Waals surface area (Å²) in [5.41, 5.74) is 3.22. The van der Waals surface area contributed by atoms with Gasteiger partial charge in [0.1, 0.15) is 6.54 Å². The van der Waals surface area contributed by atoms with Gasteiger partial charge in [0.2, 0.25) is 0 Å². The Bertz CT molecular complexity index is 690. The van der Waals surface area contributed by atoms with Crippen molar-refractivity contribution in [2.45, 2.75) is 45.7 Å².